The van der Waals surface area contributed by atoms with E-state index >= 15 is 0 Å². The maximum absolute atomic E-state index is 13.9. The summed E-state index contributed by atoms with van der Waals surface area (Å²) in [6.07, 6.45) is 4.45. The molecule has 1 atom stereocenters. The first kappa shape index (κ1) is 14.5. The van der Waals surface area contributed by atoms with Crippen molar-refractivity contribution in [3.8, 4) is 0 Å². The fourth-order valence-corrected chi connectivity index (χ4v) is 2.28. The second-order valence-corrected chi connectivity index (χ2v) is 4.99. The summed E-state index contributed by atoms with van der Waals surface area (Å²) in [5.41, 5.74) is 8.53. The highest BCUT2D eigenvalue weighted by atomic mass is 19.1. The van der Waals surface area contributed by atoms with Gasteiger partial charge in [0.05, 0.1) is 0 Å². The molecule has 0 aliphatic rings. The summed E-state index contributed by atoms with van der Waals surface area (Å²) in [4.78, 5) is 6.04. The molecule has 2 N–H and O–H groups in total. The van der Waals surface area contributed by atoms with Gasteiger partial charge in [0, 0.05) is 43.3 Å². The lowest BCUT2D eigenvalue weighted by molar-refractivity contribution is 0.592. The Kier molecular flexibility index (Phi) is 4.69. The van der Waals surface area contributed by atoms with Crippen LogP contribution in [-0.2, 0) is 6.42 Å². The predicted octanol–water partition coefficient (Wildman–Crippen LogP) is 2.92. The van der Waals surface area contributed by atoms with Crippen LogP contribution in [0.15, 0.2) is 42.7 Å². The number of hydrogen-bond donors (Lipinski definition) is 1. The van der Waals surface area contributed by atoms with Crippen LogP contribution in [0.5, 0.6) is 0 Å². The number of pyridine rings is 1. The smallest absolute Gasteiger partial charge is 0.130 e. The number of aromatic nitrogens is 1. The molecule has 106 valence electrons. The fraction of sp³-hybridized carbons (Fsp3) is 0.312. The molecular weight excluding hydrogens is 253 g/mol. The molecule has 20 heavy (non-hydrogen) atoms. The number of likely N-dealkylation sites (N-methyl/N-ethyl adjacent to an activating group) is 1. The van der Waals surface area contributed by atoms with Crippen molar-refractivity contribution in [2.75, 3.05) is 18.5 Å². The van der Waals surface area contributed by atoms with Crippen molar-refractivity contribution in [1.82, 2.24) is 4.98 Å². The summed E-state index contributed by atoms with van der Waals surface area (Å²) in [5, 5.41) is 0. The molecule has 1 heterocycles. The molecule has 0 bridgehead atoms. The summed E-state index contributed by atoms with van der Waals surface area (Å²) < 4.78 is 13.9. The highest BCUT2D eigenvalue weighted by Crippen LogP contribution is 2.27. The van der Waals surface area contributed by atoms with Gasteiger partial charge in [0.2, 0.25) is 0 Å². The van der Waals surface area contributed by atoms with E-state index in [1.165, 1.54) is 11.6 Å². The Bertz CT molecular complexity index is 555. The molecule has 1 aromatic heterocycles. The fourth-order valence-electron chi connectivity index (χ4n) is 2.28. The molecule has 2 rings (SSSR count). The van der Waals surface area contributed by atoms with Crippen LogP contribution in [0.25, 0.3) is 0 Å². The van der Waals surface area contributed by atoms with Gasteiger partial charge in [0.1, 0.15) is 5.82 Å². The molecule has 2 aromatic rings. The Morgan fingerprint density at radius 3 is 2.60 bits per heavy atom. The summed E-state index contributed by atoms with van der Waals surface area (Å²) in [6.45, 7) is 2.60. The lowest BCUT2D eigenvalue weighted by atomic mass is 10.0. The van der Waals surface area contributed by atoms with Gasteiger partial charge >= 0.3 is 0 Å². The summed E-state index contributed by atoms with van der Waals surface area (Å²) >= 11 is 0. The third-order valence-corrected chi connectivity index (χ3v) is 3.38. The number of rotatable bonds is 5. The zero-order chi connectivity index (χ0) is 14.5. The van der Waals surface area contributed by atoms with Crippen molar-refractivity contribution >= 4 is 5.69 Å². The first-order valence-corrected chi connectivity index (χ1v) is 6.73. The van der Waals surface area contributed by atoms with Gasteiger partial charge in [-0.15, -0.1) is 0 Å². The summed E-state index contributed by atoms with van der Waals surface area (Å²) in [5.74, 6) is -0.242. The number of nitrogens with zero attached hydrogens (tertiary/aromatic N) is 2. The zero-order valence-corrected chi connectivity index (χ0v) is 11.9. The number of hydrogen-bond acceptors (Lipinski definition) is 3. The standard InChI is InChI=1S/C16H20FN3/c1-12(18)16-14(17)4-3-5-15(16)20(2)11-8-13-6-9-19-10-7-13/h3-7,9-10,12H,8,11,18H2,1-2H3/t12-/m1/s1. The summed E-state index contributed by atoms with van der Waals surface area (Å²) in [6, 6.07) is 8.75. The van der Waals surface area contributed by atoms with Crippen molar-refractivity contribution in [2.24, 2.45) is 5.73 Å². The molecule has 0 unspecified atom stereocenters. The van der Waals surface area contributed by atoms with E-state index in [2.05, 4.69) is 4.98 Å². The van der Waals surface area contributed by atoms with E-state index in [0.29, 0.717) is 5.56 Å². The highest BCUT2D eigenvalue weighted by Gasteiger charge is 2.15. The van der Waals surface area contributed by atoms with E-state index in [9.17, 15) is 4.39 Å². The van der Waals surface area contributed by atoms with Crippen LogP contribution >= 0.6 is 0 Å². The van der Waals surface area contributed by atoms with Gasteiger partial charge in [-0.2, -0.15) is 0 Å². The Labute approximate surface area is 119 Å². The molecule has 3 nitrogen and oxygen atoms in total. The maximum atomic E-state index is 13.9. The molecule has 0 saturated heterocycles. The topological polar surface area (TPSA) is 42.1 Å². The Hall–Kier alpha value is -1.94. The monoisotopic (exact) mass is 273 g/mol. The minimum absolute atomic E-state index is 0.242. The van der Waals surface area contributed by atoms with E-state index in [1.54, 1.807) is 25.4 Å². The Morgan fingerprint density at radius 1 is 1.25 bits per heavy atom. The first-order chi connectivity index (χ1) is 9.59. The zero-order valence-electron chi connectivity index (χ0n) is 11.9. The van der Waals surface area contributed by atoms with Gasteiger partial charge in [0.15, 0.2) is 0 Å². The van der Waals surface area contributed by atoms with Gasteiger partial charge in [-0.3, -0.25) is 4.98 Å². The van der Waals surface area contributed by atoms with E-state index < -0.39 is 0 Å². The third kappa shape index (κ3) is 3.33. The molecule has 0 saturated carbocycles. The molecule has 0 fully saturated rings. The van der Waals surface area contributed by atoms with Gasteiger partial charge < -0.3 is 10.6 Å². The average Bonchev–Trinajstić information content (AvgIpc) is 2.45. The van der Waals surface area contributed by atoms with Gasteiger partial charge in [-0.1, -0.05) is 6.07 Å². The van der Waals surface area contributed by atoms with Gasteiger partial charge in [-0.05, 0) is 43.2 Å². The highest BCUT2D eigenvalue weighted by molar-refractivity contribution is 5.55. The second kappa shape index (κ2) is 6.48. The van der Waals surface area contributed by atoms with Crippen molar-refractivity contribution in [3.63, 3.8) is 0 Å². The lowest BCUT2D eigenvalue weighted by Gasteiger charge is -2.24. The predicted molar refractivity (Wildman–Crippen MR) is 80.2 cm³/mol. The van der Waals surface area contributed by atoms with Crippen LogP contribution in [0.2, 0.25) is 0 Å². The third-order valence-electron chi connectivity index (χ3n) is 3.38. The number of nitrogens with two attached hydrogens (primary N) is 1. The number of benzene rings is 1. The van der Waals surface area contributed by atoms with Crippen LogP contribution < -0.4 is 10.6 Å². The largest absolute Gasteiger partial charge is 0.374 e. The molecule has 0 radical (unpaired) electrons. The van der Waals surface area contributed by atoms with Crippen LogP contribution in [0.4, 0.5) is 10.1 Å². The Balaban J connectivity index is 2.13. The van der Waals surface area contributed by atoms with E-state index in [-0.39, 0.29) is 11.9 Å². The van der Waals surface area contributed by atoms with E-state index in [1.807, 2.05) is 30.1 Å². The minimum atomic E-state index is -0.324. The summed E-state index contributed by atoms with van der Waals surface area (Å²) in [7, 11) is 1.96. The number of anilines is 1. The molecule has 0 aliphatic carbocycles. The lowest BCUT2D eigenvalue weighted by Crippen LogP contribution is -2.24. The van der Waals surface area contributed by atoms with Crippen LogP contribution in [-0.4, -0.2) is 18.6 Å². The normalized spacial score (nSPS) is 12.2. The van der Waals surface area contributed by atoms with Crippen LogP contribution in [0.1, 0.15) is 24.1 Å². The van der Waals surface area contributed by atoms with E-state index in [4.69, 9.17) is 5.73 Å². The first-order valence-electron chi connectivity index (χ1n) is 6.73. The molecule has 0 amide bonds. The molecule has 0 spiro atoms. The van der Waals surface area contributed by atoms with Crippen LogP contribution in [0.3, 0.4) is 0 Å². The second-order valence-electron chi connectivity index (χ2n) is 4.99. The van der Waals surface area contributed by atoms with Gasteiger partial charge in [-0.25, -0.2) is 4.39 Å². The molecular formula is C16H20FN3. The van der Waals surface area contributed by atoms with Crippen molar-refractivity contribution in [2.45, 2.75) is 19.4 Å². The van der Waals surface area contributed by atoms with Crippen molar-refractivity contribution in [1.29, 1.82) is 0 Å². The molecule has 4 heteroatoms. The SMILES string of the molecule is C[C@@H](N)c1c(F)cccc1N(C)CCc1ccncc1. The minimum Gasteiger partial charge on any atom is -0.374 e. The average molecular weight is 273 g/mol. The van der Waals surface area contributed by atoms with Crippen molar-refractivity contribution < 1.29 is 4.39 Å². The molecule has 0 aliphatic heterocycles. The van der Waals surface area contributed by atoms with E-state index in [0.717, 1.165) is 18.7 Å². The Morgan fingerprint density at radius 2 is 1.95 bits per heavy atom. The van der Waals surface area contributed by atoms with Gasteiger partial charge in [0.25, 0.3) is 0 Å². The van der Waals surface area contributed by atoms with Crippen LogP contribution in [0, 0.1) is 5.82 Å². The number of halogens is 1. The maximum Gasteiger partial charge on any atom is 0.130 e. The van der Waals surface area contributed by atoms with Crippen molar-refractivity contribution in [3.05, 3.63) is 59.7 Å². The molecule has 1 aromatic carbocycles. The quantitative estimate of drug-likeness (QED) is 0.910.